The van der Waals surface area contributed by atoms with Gasteiger partial charge in [0.15, 0.2) is 0 Å². The zero-order valence-electron chi connectivity index (χ0n) is 13.6. The Balaban J connectivity index is 2.03. The number of rotatable bonds is 8. The van der Waals surface area contributed by atoms with Crippen LogP contribution in [0.2, 0.25) is 0 Å². The average Bonchev–Trinajstić information content (AvgIpc) is 2.61. The first-order valence-electron chi connectivity index (χ1n) is 7.71. The van der Waals surface area contributed by atoms with Crippen LogP contribution >= 0.6 is 12.6 Å². The number of ether oxygens (including phenoxy) is 1. The van der Waals surface area contributed by atoms with Crippen molar-refractivity contribution in [2.75, 3.05) is 11.1 Å². The molecule has 0 saturated heterocycles. The van der Waals surface area contributed by atoms with E-state index in [9.17, 15) is 9.59 Å². The number of primary amides is 1. The summed E-state index contributed by atoms with van der Waals surface area (Å²) in [6.45, 7) is 3.56. The molecule has 3 N–H and O–H groups in total. The van der Waals surface area contributed by atoms with Gasteiger partial charge in [0.2, 0.25) is 11.8 Å². The monoisotopic (exact) mass is 356 g/mol. The van der Waals surface area contributed by atoms with E-state index >= 15 is 0 Å². The van der Waals surface area contributed by atoms with Crippen LogP contribution in [0.4, 0.5) is 5.69 Å². The van der Waals surface area contributed by atoms with Crippen LogP contribution in [0.5, 0.6) is 11.5 Å². The normalized spacial score (nSPS) is 12.7. The first-order valence-corrected chi connectivity index (χ1v) is 8.35. The van der Waals surface area contributed by atoms with Gasteiger partial charge < -0.3 is 15.8 Å². The van der Waals surface area contributed by atoms with Gasteiger partial charge in [-0.15, -0.1) is 6.58 Å². The number of carbonyl (C=O) groups is 2. The molecular weight excluding hydrogens is 336 g/mol. The summed E-state index contributed by atoms with van der Waals surface area (Å²) in [5.74, 6) is -0.829. The second-order valence-corrected chi connectivity index (χ2v) is 5.75. The molecule has 0 fully saturated rings. The van der Waals surface area contributed by atoms with Gasteiger partial charge in [-0.1, -0.05) is 24.3 Å². The Kier molecular flexibility index (Phi) is 6.65. The molecule has 25 heavy (non-hydrogen) atoms. The standard InChI is InChI=1S/C19H20N2O3S/c1-2-16(18(20)22)17(12-25)19(23)21-13-8-10-15(11-9-13)24-14-6-4-3-5-7-14/h2-11,16-17,25H,1,12H2,(H2,20,22)(H,21,23)/t16?,17-/m1/s1. The number of hydrogen-bond donors (Lipinski definition) is 3. The highest BCUT2D eigenvalue weighted by Gasteiger charge is 2.29. The van der Waals surface area contributed by atoms with E-state index in [0.717, 1.165) is 5.75 Å². The fourth-order valence-corrected chi connectivity index (χ4v) is 2.70. The zero-order valence-corrected chi connectivity index (χ0v) is 14.5. The molecule has 2 rings (SSSR count). The SMILES string of the molecule is C=CC(C(N)=O)[C@@H](CS)C(=O)Nc1ccc(Oc2ccccc2)cc1. The number of amides is 2. The molecule has 0 aliphatic carbocycles. The molecule has 130 valence electrons. The summed E-state index contributed by atoms with van der Waals surface area (Å²) in [6.07, 6.45) is 1.37. The van der Waals surface area contributed by atoms with Gasteiger partial charge in [-0.3, -0.25) is 9.59 Å². The van der Waals surface area contributed by atoms with Crippen LogP contribution in [0, 0.1) is 11.8 Å². The summed E-state index contributed by atoms with van der Waals surface area (Å²) >= 11 is 4.14. The summed E-state index contributed by atoms with van der Waals surface area (Å²) in [5, 5.41) is 2.75. The summed E-state index contributed by atoms with van der Waals surface area (Å²) in [7, 11) is 0. The molecule has 0 saturated carbocycles. The Morgan fingerprint density at radius 1 is 1.12 bits per heavy atom. The van der Waals surface area contributed by atoms with Gasteiger partial charge >= 0.3 is 0 Å². The molecule has 5 nitrogen and oxygen atoms in total. The molecule has 0 aliphatic rings. The number of nitrogens with one attached hydrogen (secondary N) is 1. The Morgan fingerprint density at radius 3 is 2.24 bits per heavy atom. The molecule has 0 radical (unpaired) electrons. The lowest BCUT2D eigenvalue weighted by atomic mass is 9.92. The summed E-state index contributed by atoms with van der Waals surface area (Å²) in [6, 6.07) is 16.3. The lowest BCUT2D eigenvalue weighted by Gasteiger charge is -2.19. The number of carbonyl (C=O) groups excluding carboxylic acids is 2. The predicted molar refractivity (Wildman–Crippen MR) is 102 cm³/mol. The second-order valence-electron chi connectivity index (χ2n) is 5.38. The quantitative estimate of drug-likeness (QED) is 0.502. The molecule has 0 bridgehead atoms. The van der Waals surface area contributed by atoms with Crippen LogP contribution in [-0.2, 0) is 9.59 Å². The van der Waals surface area contributed by atoms with Crippen LogP contribution < -0.4 is 15.8 Å². The number of nitrogens with two attached hydrogens (primary N) is 1. The minimum absolute atomic E-state index is 0.181. The summed E-state index contributed by atoms with van der Waals surface area (Å²) in [4.78, 5) is 23.8. The van der Waals surface area contributed by atoms with Crippen molar-refractivity contribution in [3.05, 3.63) is 67.3 Å². The molecule has 0 aromatic heterocycles. The maximum absolute atomic E-state index is 12.4. The van der Waals surface area contributed by atoms with Crippen molar-refractivity contribution in [3.8, 4) is 11.5 Å². The van der Waals surface area contributed by atoms with E-state index in [-0.39, 0.29) is 11.7 Å². The predicted octanol–water partition coefficient (Wildman–Crippen LogP) is 3.25. The molecule has 1 unspecified atom stereocenters. The van der Waals surface area contributed by atoms with E-state index in [1.807, 2.05) is 30.3 Å². The Labute approximate surface area is 152 Å². The first kappa shape index (κ1) is 18.6. The van der Waals surface area contributed by atoms with Gasteiger partial charge in [-0.25, -0.2) is 0 Å². The van der Waals surface area contributed by atoms with Gasteiger partial charge in [0, 0.05) is 11.4 Å². The van der Waals surface area contributed by atoms with Crippen molar-refractivity contribution in [2.24, 2.45) is 17.6 Å². The van der Waals surface area contributed by atoms with Crippen LogP contribution in [0.3, 0.4) is 0 Å². The van der Waals surface area contributed by atoms with Gasteiger partial charge in [-0.05, 0) is 36.4 Å². The van der Waals surface area contributed by atoms with Crippen molar-refractivity contribution < 1.29 is 14.3 Å². The van der Waals surface area contributed by atoms with E-state index in [2.05, 4.69) is 24.5 Å². The van der Waals surface area contributed by atoms with E-state index in [4.69, 9.17) is 10.5 Å². The van der Waals surface area contributed by atoms with E-state index in [0.29, 0.717) is 11.4 Å². The van der Waals surface area contributed by atoms with Crippen LogP contribution in [0.25, 0.3) is 0 Å². The first-order chi connectivity index (χ1) is 12.0. The minimum atomic E-state index is -0.766. The Bertz CT molecular complexity index is 732. The molecule has 2 amide bonds. The van der Waals surface area contributed by atoms with Crippen molar-refractivity contribution in [1.82, 2.24) is 0 Å². The highest BCUT2D eigenvalue weighted by atomic mass is 32.1. The third kappa shape index (κ3) is 5.12. The van der Waals surface area contributed by atoms with Crippen LogP contribution in [-0.4, -0.2) is 17.6 Å². The van der Waals surface area contributed by atoms with Gasteiger partial charge in [0.25, 0.3) is 0 Å². The van der Waals surface area contributed by atoms with Gasteiger partial charge in [0.1, 0.15) is 11.5 Å². The fourth-order valence-electron chi connectivity index (χ4n) is 2.30. The number of benzene rings is 2. The molecule has 0 heterocycles. The number of hydrogen-bond acceptors (Lipinski definition) is 4. The number of thiol groups is 1. The lowest BCUT2D eigenvalue weighted by molar-refractivity contribution is -0.127. The second kappa shape index (κ2) is 8.94. The molecular formula is C19H20N2O3S. The fraction of sp³-hybridized carbons (Fsp3) is 0.158. The van der Waals surface area contributed by atoms with E-state index in [1.165, 1.54) is 6.08 Å². The van der Waals surface area contributed by atoms with E-state index < -0.39 is 17.7 Å². The molecule has 2 atom stereocenters. The number of anilines is 1. The molecule has 6 heteroatoms. The smallest absolute Gasteiger partial charge is 0.229 e. The third-order valence-corrected chi connectivity index (χ3v) is 4.04. The molecule has 2 aromatic rings. The van der Waals surface area contributed by atoms with Gasteiger partial charge in [0.05, 0.1) is 11.8 Å². The topological polar surface area (TPSA) is 81.4 Å². The average molecular weight is 356 g/mol. The molecule has 2 aromatic carbocycles. The minimum Gasteiger partial charge on any atom is -0.457 e. The largest absolute Gasteiger partial charge is 0.457 e. The lowest BCUT2D eigenvalue weighted by Crippen LogP contribution is -2.37. The third-order valence-electron chi connectivity index (χ3n) is 3.65. The summed E-state index contributed by atoms with van der Waals surface area (Å²) < 4.78 is 5.69. The van der Waals surface area contributed by atoms with Crippen molar-refractivity contribution in [3.63, 3.8) is 0 Å². The van der Waals surface area contributed by atoms with Crippen LogP contribution in [0.15, 0.2) is 67.3 Å². The maximum Gasteiger partial charge on any atom is 0.229 e. The van der Waals surface area contributed by atoms with Gasteiger partial charge in [-0.2, -0.15) is 12.6 Å². The Hall–Kier alpha value is -2.73. The van der Waals surface area contributed by atoms with Crippen molar-refractivity contribution in [2.45, 2.75) is 0 Å². The highest BCUT2D eigenvalue weighted by Crippen LogP contribution is 2.23. The number of para-hydroxylation sites is 1. The zero-order chi connectivity index (χ0) is 18.2. The molecule has 0 aliphatic heterocycles. The van der Waals surface area contributed by atoms with Crippen molar-refractivity contribution >= 4 is 30.1 Å². The Morgan fingerprint density at radius 2 is 1.72 bits per heavy atom. The van der Waals surface area contributed by atoms with E-state index in [1.54, 1.807) is 24.3 Å². The highest BCUT2D eigenvalue weighted by molar-refractivity contribution is 7.80. The summed E-state index contributed by atoms with van der Waals surface area (Å²) in [5.41, 5.74) is 5.89. The van der Waals surface area contributed by atoms with Crippen LogP contribution in [0.1, 0.15) is 0 Å². The van der Waals surface area contributed by atoms with Crippen molar-refractivity contribution in [1.29, 1.82) is 0 Å². The maximum atomic E-state index is 12.4. The molecule has 0 spiro atoms.